The first-order chi connectivity index (χ1) is 13.6. The van der Waals surface area contributed by atoms with Gasteiger partial charge in [-0.25, -0.2) is 0 Å². The van der Waals surface area contributed by atoms with Crippen LogP contribution < -0.4 is 14.5 Å². The number of aromatic hydroxyl groups is 1. The largest absolute Gasteiger partial charge is 0.508 e. The number of carbonyl (C=O) groups excluding carboxylic acids is 1. The molecule has 0 amide bonds. The molecule has 152 valence electrons. The van der Waals surface area contributed by atoms with Crippen LogP contribution in [-0.4, -0.2) is 26.1 Å². The summed E-state index contributed by atoms with van der Waals surface area (Å²) in [6.07, 6.45) is 0. The van der Waals surface area contributed by atoms with E-state index in [2.05, 4.69) is 14.5 Å². The van der Waals surface area contributed by atoms with Crippen molar-refractivity contribution in [2.24, 2.45) is 0 Å². The molecule has 0 aliphatic heterocycles. The Hall–Kier alpha value is -4.49. The molecule has 0 radical (unpaired) electrons. The molecule has 0 fully saturated rings. The Morgan fingerprint density at radius 1 is 0.897 bits per heavy atom. The first kappa shape index (κ1) is 20.8. The lowest BCUT2D eigenvalue weighted by Gasteiger charge is -2.20. The molecule has 0 aliphatic rings. The van der Waals surface area contributed by atoms with Crippen LogP contribution in [0.1, 0.15) is 24.0 Å². The smallest absolute Gasteiger partial charge is 0.299 e. The quantitative estimate of drug-likeness (QED) is 0.468. The monoisotopic (exact) mass is 409 g/mol. The van der Waals surface area contributed by atoms with Crippen LogP contribution in [0.3, 0.4) is 0 Å². The first-order valence-corrected chi connectivity index (χ1v) is 7.53. The predicted molar refractivity (Wildman–Crippen MR) is 89.9 cm³/mol. The third kappa shape index (κ3) is 5.25. The SMILES string of the molecule is CC(=O)C(c1ccc(O[N+](=O)[O-])cc1)c1c(O[N+](=O)[O-])cc(O)cc1O[N+](=O)[O-]. The highest BCUT2D eigenvalue weighted by Gasteiger charge is 2.29. The van der Waals surface area contributed by atoms with E-state index in [-0.39, 0.29) is 11.3 Å². The molecule has 0 heterocycles. The van der Waals surface area contributed by atoms with Crippen LogP contribution in [0.4, 0.5) is 0 Å². The van der Waals surface area contributed by atoms with Gasteiger partial charge in [0, 0.05) is 17.7 Å². The predicted octanol–water partition coefficient (Wildman–Crippen LogP) is 1.82. The molecule has 0 saturated heterocycles. The molecule has 29 heavy (non-hydrogen) atoms. The summed E-state index contributed by atoms with van der Waals surface area (Å²) in [4.78, 5) is 57.3. The molecule has 1 N–H and O–H groups in total. The van der Waals surface area contributed by atoms with Crippen molar-refractivity contribution < 1.29 is 39.7 Å². The Kier molecular flexibility index (Phi) is 6.08. The summed E-state index contributed by atoms with van der Waals surface area (Å²) in [5, 5.41) is 38.2. The van der Waals surface area contributed by atoms with E-state index in [0.29, 0.717) is 0 Å². The maximum atomic E-state index is 12.3. The molecule has 2 aromatic rings. The highest BCUT2D eigenvalue weighted by molar-refractivity contribution is 5.89. The van der Waals surface area contributed by atoms with Crippen LogP contribution in [0.5, 0.6) is 23.0 Å². The average molecular weight is 409 g/mol. The van der Waals surface area contributed by atoms with E-state index in [0.717, 1.165) is 31.2 Å². The van der Waals surface area contributed by atoms with Crippen LogP contribution in [0.2, 0.25) is 0 Å². The van der Waals surface area contributed by atoms with E-state index in [1.165, 1.54) is 12.1 Å². The highest BCUT2D eigenvalue weighted by Crippen LogP contribution is 2.42. The lowest BCUT2D eigenvalue weighted by atomic mass is 9.87. The Bertz CT molecular complexity index is 937. The maximum absolute atomic E-state index is 12.3. The summed E-state index contributed by atoms with van der Waals surface area (Å²) < 4.78 is 0. The number of hydrogen-bond acceptors (Lipinski definition) is 11. The van der Waals surface area contributed by atoms with E-state index in [1.807, 2.05) is 0 Å². The number of ketones is 1. The molecule has 0 saturated carbocycles. The molecule has 1 atom stereocenters. The van der Waals surface area contributed by atoms with Gasteiger partial charge in [0.15, 0.2) is 0 Å². The Morgan fingerprint density at radius 2 is 1.34 bits per heavy atom. The standard InChI is InChI=1S/C15H11N3O11/c1-8(19)14(9-2-4-11(5-3-9)27-16(21)22)15-12(28-17(23)24)6-10(20)7-13(15)29-18(25)26/h2-7,14,20H,1H3. The van der Waals surface area contributed by atoms with Gasteiger partial charge in [-0.05, 0) is 24.6 Å². The van der Waals surface area contributed by atoms with Crippen molar-refractivity contribution in [3.63, 3.8) is 0 Å². The molecular formula is C15H11N3O11. The molecule has 0 bridgehead atoms. The zero-order valence-electron chi connectivity index (χ0n) is 14.4. The van der Waals surface area contributed by atoms with Gasteiger partial charge in [0.25, 0.3) is 15.3 Å². The summed E-state index contributed by atoms with van der Waals surface area (Å²) in [5.74, 6) is -4.16. The lowest BCUT2D eigenvalue weighted by molar-refractivity contribution is -0.713. The second-order valence-corrected chi connectivity index (χ2v) is 5.41. The number of rotatable bonds is 9. The summed E-state index contributed by atoms with van der Waals surface area (Å²) in [6, 6.07) is 6.34. The molecule has 0 aliphatic carbocycles. The minimum atomic E-state index is -1.37. The summed E-state index contributed by atoms with van der Waals surface area (Å²) in [7, 11) is 0. The number of phenols is 1. The third-order valence-corrected chi connectivity index (χ3v) is 3.52. The Morgan fingerprint density at radius 3 is 1.72 bits per heavy atom. The van der Waals surface area contributed by atoms with Crippen LogP contribution in [-0.2, 0) is 4.79 Å². The Labute approximate surface area is 160 Å². The minimum absolute atomic E-state index is 0.139. The van der Waals surface area contributed by atoms with Crippen molar-refractivity contribution in [2.45, 2.75) is 12.8 Å². The summed E-state index contributed by atoms with van der Waals surface area (Å²) >= 11 is 0. The van der Waals surface area contributed by atoms with E-state index >= 15 is 0 Å². The van der Waals surface area contributed by atoms with Gasteiger partial charge in [-0.15, -0.1) is 30.3 Å². The van der Waals surface area contributed by atoms with Crippen molar-refractivity contribution >= 4 is 5.78 Å². The topological polar surface area (TPSA) is 194 Å². The second-order valence-electron chi connectivity index (χ2n) is 5.41. The average Bonchev–Trinajstić information content (AvgIpc) is 2.57. The summed E-state index contributed by atoms with van der Waals surface area (Å²) in [5.41, 5.74) is -0.257. The zero-order valence-corrected chi connectivity index (χ0v) is 14.4. The Balaban J connectivity index is 2.67. The lowest BCUT2D eigenvalue weighted by Crippen LogP contribution is -2.17. The number of phenolic OH excluding ortho intramolecular Hbond substituents is 1. The van der Waals surface area contributed by atoms with E-state index < -0.39 is 49.8 Å². The van der Waals surface area contributed by atoms with Crippen LogP contribution >= 0.6 is 0 Å². The summed E-state index contributed by atoms with van der Waals surface area (Å²) in [6.45, 7) is 1.10. The fourth-order valence-corrected chi connectivity index (χ4v) is 2.60. The highest BCUT2D eigenvalue weighted by atomic mass is 17.0. The number of benzene rings is 2. The van der Waals surface area contributed by atoms with E-state index in [9.17, 15) is 40.2 Å². The number of Topliss-reactive ketones (excluding diaryl/α,β-unsaturated/α-hetero) is 1. The van der Waals surface area contributed by atoms with E-state index in [4.69, 9.17) is 0 Å². The van der Waals surface area contributed by atoms with Gasteiger partial charge in [0.1, 0.15) is 28.8 Å². The normalized spacial score (nSPS) is 11.2. The van der Waals surface area contributed by atoms with Crippen molar-refractivity contribution in [3.05, 3.63) is 77.9 Å². The van der Waals surface area contributed by atoms with Gasteiger partial charge in [0.2, 0.25) is 0 Å². The third-order valence-electron chi connectivity index (χ3n) is 3.52. The fourth-order valence-electron chi connectivity index (χ4n) is 2.60. The van der Waals surface area contributed by atoms with Crippen molar-refractivity contribution in [1.82, 2.24) is 0 Å². The molecule has 14 heteroatoms. The van der Waals surface area contributed by atoms with E-state index in [1.54, 1.807) is 0 Å². The van der Waals surface area contributed by atoms with Crippen molar-refractivity contribution in [2.75, 3.05) is 0 Å². The van der Waals surface area contributed by atoms with Gasteiger partial charge >= 0.3 is 0 Å². The van der Waals surface area contributed by atoms with Crippen molar-refractivity contribution in [1.29, 1.82) is 0 Å². The van der Waals surface area contributed by atoms with Gasteiger partial charge in [-0.1, -0.05) is 12.1 Å². The molecule has 2 aromatic carbocycles. The van der Waals surface area contributed by atoms with Crippen LogP contribution in [0.25, 0.3) is 0 Å². The van der Waals surface area contributed by atoms with Gasteiger partial charge in [-0.3, -0.25) is 19.3 Å². The maximum Gasteiger partial charge on any atom is 0.299 e. The number of nitrogens with zero attached hydrogens (tertiary/aromatic N) is 3. The zero-order chi connectivity index (χ0) is 21.7. The van der Waals surface area contributed by atoms with Gasteiger partial charge < -0.3 is 5.11 Å². The molecular weight excluding hydrogens is 398 g/mol. The first-order valence-electron chi connectivity index (χ1n) is 7.53. The number of carbonyl (C=O) groups is 1. The van der Waals surface area contributed by atoms with Gasteiger partial charge in [-0.2, -0.15) is 0 Å². The number of hydrogen-bond donors (Lipinski definition) is 1. The van der Waals surface area contributed by atoms with Gasteiger partial charge in [0.05, 0.1) is 5.92 Å². The van der Waals surface area contributed by atoms with Crippen LogP contribution in [0.15, 0.2) is 36.4 Å². The van der Waals surface area contributed by atoms with Crippen molar-refractivity contribution in [3.8, 4) is 23.0 Å². The molecule has 0 aromatic heterocycles. The fraction of sp³-hybridized carbons (Fsp3) is 0.133. The molecule has 14 nitrogen and oxygen atoms in total. The molecule has 2 rings (SSSR count). The second kappa shape index (κ2) is 8.47. The minimum Gasteiger partial charge on any atom is -0.508 e. The molecule has 1 unspecified atom stereocenters. The molecule has 0 spiro atoms. The van der Waals surface area contributed by atoms with Crippen LogP contribution in [0, 0.1) is 30.3 Å².